The molecule has 0 unspecified atom stereocenters. The number of carbonyl (C=O) groups is 2. The van der Waals surface area contributed by atoms with E-state index in [1.807, 2.05) is 29.2 Å². The number of benzene rings is 2. The predicted molar refractivity (Wildman–Crippen MR) is 108 cm³/mol. The first-order valence-corrected chi connectivity index (χ1v) is 10.6. The third-order valence-corrected chi connectivity index (χ3v) is 7.62. The molecule has 5 heteroatoms. The van der Waals surface area contributed by atoms with E-state index < -0.39 is 10.9 Å². The Morgan fingerprint density at radius 2 is 1.89 bits per heavy atom. The average molecular weight is 378 g/mol. The monoisotopic (exact) mass is 378 g/mol. The molecule has 2 fully saturated rings. The number of carbonyl (C=O) groups excluding carboxylic acids is 2. The van der Waals surface area contributed by atoms with Crippen molar-refractivity contribution in [3.8, 4) is 0 Å². The molecular weight excluding hydrogens is 356 g/mol. The van der Waals surface area contributed by atoms with Gasteiger partial charge in [0.1, 0.15) is 10.9 Å². The number of rotatable bonds is 3. The van der Waals surface area contributed by atoms with Crippen molar-refractivity contribution in [1.29, 1.82) is 0 Å². The summed E-state index contributed by atoms with van der Waals surface area (Å²) in [5.74, 6) is 0.642. The van der Waals surface area contributed by atoms with Gasteiger partial charge in [-0.1, -0.05) is 36.4 Å². The number of amides is 2. The molecule has 2 aromatic carbocycles. The molecule has 2 aromatic rings. The number of thioether (sulfide) groups is 1. The van der Waals surface area contributed by atoms with Crippen LogP contribution in [-0.2, 0) is 27.3 Å². The van der Waals surface area contributed by atoms with Crippen LogP contribution in [-0.4, -0.2) is 28.5 Å². The summed E-state index contributed by atoms with van der Waals surface area (Å²) in [7, 11) is 0. The van der Waals surface area contributed by atoms with E-state index in [2.05, 4.69) is 29.6 Å². The lowest BCUT2D eigenvalue weighted by molar-refractivity contribution is -0.136. The predicted octanol–water partition coefficient (Wildman–Crippen LogP) is 3.70. The van der Waals surface area contributed by atoms with Gasteiger partial charge in [0.2, 0.25) is 11.8 Å². The van der Waals surface area contributed by atoms with E-state index in [1.165, 1.54) is 17.5 Å². The molecule has 2 heterocycles. The van der Waals surface area contributed by atoms with E-state index in [-0.39, 0.29) is 11.8 Å². The van der Waals surface area contributed by atoms with Gasteiger partial charge in [-0.2, -0.15) is 0 Å². The van der Waals surface area contributed by atoms with Crippen molar-refractivity contribution < 1.29 is 9.59 Å². The zero-order chi connectivity index (χ0) is 18.4. The van der Waals surface area contributed by atoms with E-state index in [4.69, 9.17) is 0 Å². The van der Waals surface area contributed by atoms with Crippen LogP contribution in [0.1, 0.15) is 36.0 Å². The Balaban J connectivity index is 1.41. The van der Waals surface area contributed by atoms with E-state index in [9.17, 15) is 9.59 Å². The standard InChI is InChI=1S/C22H22N2O2S/c25-20-11-12-22(17-7-2-1-3-8-17)24(20)19(14-27-22)21(26)23-18-10-9-15-5-4-6-16(15)13-18/h1-3,7-10,13,19H,4-6,11-12,14H2,(H,23,26)/t19-,22+/m1/s1. The Kier molecular flexibility index (Phi) is 4.01. The molecule has 2 saturated heterocycles. The third-order valence-electron chi connectivity index (χ3n) is 6.02. The van der Waals surface area contributed by atoms with Crippen LogP contribution in [0, 0.1) is 0 Å². The Morgan fingerprint density at radius 1 is 1.07 bits per heavy atom. The molecule has 2 amide bonds. The van der Waals surface area contributed by atoms with Gasteiger partial charge < -0.3 is 10.2 Å². The summed E-state index contributed by atoms with van der Waals surface area (Å²) in [6.07, 6.45) is 4.67. The number of hydrogen-bond acceptors (Lipinski definition) is 3. The molecular formula is C22H22N2O2S. The van der Waals surface area contributed by atoms with Crippen LogP contribution >= 0.6 is 11.8 Å². The van der Waals surface area contributed by atoms with Gasteiger partial charge in [0, 0.05) is 17.9 Å². The topological polar surface area (TPSA) is 49.4 Å². The van der Waals surface area contributed by atoms with Crippen molar-refractivity contribution >= 4 is 29.3 Å². The summed E-state index contributed by atoms with van der Waals surface area (Å²) in [5, 5.41) is 3.07. The highest BCUT2D eigenvalue weighted by Gasteiger charge is 2.56. The highest BCUT2D eigenvalue weighted by atomic mass is 32.2. The molecule has 0 spiro atoms. The molecule has 2 atom stereocenters. The average Bonchev–Trinajstić information content (AvgIpc) is 3.38. The first-order chi connectivity index (χ1) is 13.2. The fourth-order valence-electron chi connectivity index (χ4n) is 4.71. The number of anilines is 1. The Morgan fingerprint density at radius 3 is 2.74 bits per heavy atom. The first-order valence-electron chi connectivity index (χ1n) is 9.62. The van der Waals surface area contributed by atoms with Gasteiger partial charge in [-0.05, 0) is 54.5 Å². The summed E-state index contributed by atoms with van der Waals surface area (Å²) in [5.41, 5.74) is 4.69. The Bertz CT molecular complexity index is 914. The third kappa shape index (κ3) is 2.67. The number of fused-ring (bicyclic) bond motifs is 2. The van der Waals surface area contributed by atoms with Crippen molar-refractivity contribution in [2.75, 3.05) is 11.1 Å². The molecule has 0 radical (unpaired) electrons. The highest BCUT2D eigenvalue weighted by molar-refractivity contribution is 8.00. The highest BCUT2D eigenvalue weighted by Crippen LogP contribution is 2.54. The summed E-state index contributed by atoms with van der Waals surface area (Å²) >= 11 is 1.73. The van der Waals surface area contributed by atoms with Crippen LogP contribution in [0.2, 0.25) is 0 Å². The molecule has 27 heavy (non-hydrogen) atoms. The van der Waals surface area contributed by atoms with E-state index in [0.29, 0.717) is 12.2 Å². The lowest BCUT2D eigenvalue weighted by Gasteiger charge is -2.34. The van der Waals surface area contributed by atoms with Crippen molar-refractivity contribution in [2.24, 2.45) is 0 Å². The van der Waals surface area contributed by atoms with Crippen LogP contribution < -0.4 is 5.32 Å². The molecule has 0 aromatic heterocycles. The number of hydrogen-bond donors (Lipinski definition) is 1. The van der Waals surface area contributed by atoms with Gasteiger partial charge in [-0.15, -0.1) is 11.8 Å². The van der Waals surface area contributed by atoms with Crippen molar-refractivity contribution in [1.82, 2.24) is 4.90 Å². The summed E-state index contributed by atoms with van der Waals surface area (Å²) in [4.78, 5) is 27.2. The molecule has 3 aliphatic rings. The van der Waals surface area contributed by atoms with E-state index in [0.717, 1.165) is 30.5 Å². The molecule has 5 rings (SSSR count). The molecule has 2 aliphatic heterocycles. The maximum absolute atomic E-state index is 13.1. The zero-order valence-corrected chi connectivity index (χ0v) is 15.9. The Labute approximate surface area is 163 Å². The smallest absolute Gasteiger partial charge is 0.248 e. The second kappa shape index (κ2) is 6.41. The second-order valence-corrected chi connectivity index (χ2v) is 8.86. The van der Waals surface area contributed by atoms with Crippen LogP contribution in [0.3, 0.4) is 0 Å². The normalized spacial score (nSPS) is 26.1. The van der Waals surface area contributed by atoms with Gasteiger partial charge in [-0.25, -0.2) is 0 Å². The molecule has 1 aliphatic carbocycles. The zero-order valence-electron chi connectivity index (χ0n) is 15.1. The molecule has 1 N–H and O–H groups in total. The van der Waals surface area contributed by atoms with E-state index in [1.54, 1.807) is 11.8 Å². The Hall–Kier alpha value is -2.27. The maximum Gasteiger partial charge on any atom is 0.248 e. The van der Waals surface area contributed by atoms with Crippen LogP contribution in [0.4, 0.5) is 5.69 Å². The van der Waals surface area contributed by atoms with Crippen molar-refractivity contribution in [3.05, 3.63) is 65.2 Å². The van der Waals surface area contributed by atoms with Gasteiger partial charge in [0.05, 0.1) is 0 Å². The molecule has 0 bridgehead atoms. The number of nitrogens with zero attached hydrogens (tertiary/aromatic N) is 1. The molecule has 138 valence electrons. The fourth-order valence-corrected chi connectivity index (χ4v) is 6.36. The van der Waals surface area contributed by atoms with E-state index >= 15 is 0 Å². The number of aryl methyl sites for hydroxylation is 2. The SMILES string of the molecule is O=C(Nc1ccc2c(c1)CCC2)[C@H]1CS[C@]2(c3ccccc3)CCC(=O)N12. The summed E-state index contributed by atoms with van der Waals surface area (Å²) in [6, 6.07) is 15.9. The van der Waals surface area contributed by atoms with Crippen molar-refractivity contribution in [3.63, 3.8) is 0 Å². The molecule has 4 nitrogen and oxygen atoms in total. The maximum atomic E-state index is 13.1. The first kappa shape index (κ1) is 16.9. The number of nitrogens with one attached hydrogen (secondary N) is 1. The largest absolute Gasteiger partial charge is 0.324 e. The van der Waals surface area contributed by atoms with Gasteiger partial charge in [0.25, 0.3) is 0 Å². The second-order valence-electron chi connectivity index (χ2n) is 7.57. The summed E-state index contributed by atoms with van der Waals surface area (Å²) in [6.45, 7) is 0. The van der Waals surface area contributed by atoms with Crippen LogP contribution in [0.5, 0.6) is 0 Å². The van der Waals surface area contributed by atoms with Gasteiger partial charge >= 0.3 is 0 Å². The molecule has 0 saturated carbocycles. The minimum Gasteiger partial charge on any atom is -0.324 e. The van der Waals surface area contributed by atoms with Crippen LogP contribution in [0.25, 0.3) is 0 Å². The minimum absolute atomic E-state index is 0.0755. The lowest BCUT2D eigenvalue weighted by Crippen LogP contribution is -2.48. The van der Waals surface area contributed by atoms with Gasteiger partial charge in [0.15, 0.2) is 0 Å². The fraction of sp³-hybridized carbons (Fsp3) is 0.364. The van der Waals surface area contributed by atoms with Gasteiger partial charge in [-0.3, -0.25) is 9.59 Å². The lowest BCUT2D eigenvalue weighted by atomic mass is 10.0. The minimum atomic E-state index is -0.418. The summed E-state index contributed by atoms with van der Waals surface area (Å²) < 4.78 is 0. The van der Waals surface area contributed by atoms with Crippen molar-refractivity contribution in [2.45, 2.75) is 43.0 Å². The quantitative estimate of drug-likeness (QED) is 0.886. The van der Waals surface area contributed by atoms with Crippen LogP contribution in [0.15, 0.2) is 48.5 Å².